The molecule has 2 nitrogen and oxygen atoms in total. The minimum atomic E-state index is 0.558. The van der Waals surface area contributed by atoms with Gasteiger partial charge in [0.15, 0.2) is 5.11 Å². The highest BCUT2D eigenvalue weighted by atomic mass is 32.1. The number of rotatable bonds is 3. The maximum Gasteiger partial charge on any atom is 0.174 e. The molecule has 16 heavy (non-hydrogen) atoms. The third-order valence-electron chi connectivity index (χ3n) is 2.22. The Bertz CT molecular complexity index is 366. The molecule has 1 aromatic carbocycles. The molecule has 0 aliphatic carbocycles. The molecule has 0 aliphatic heterocycles. The Morgan fingerprint density at radius 2 is 1.88 bits per heavy atom. The van der Waals surface area contributed by atoms with E-state index < -0.39 is 0 Å². The first-order chi connectivity index (χ1) is 7.63. The largest absolute Gasteiger partial charge is 0.339 e. The van der Waals surface area contributed by atoms with Crippen molar-refractivity contribution in [3.63, 3.8) is 0 Å². The molecule has 2 N–H and O–H groups in total. The van der Waals surface area contributed by atoms with Crippen LogP contribution in [0.3, 0.4) is 0 Å². The van der Waals surface area contributed by atoms with Gasteiger partial charge in [-0.1, -0.05) is 32.1 Å². The molecule has 1 rings (SSSR count). The van der Waals surface area contributed by atoms with E-state index >= 15 is 0 Å². The second kappa shape index (κ2) is 6.28. The Kier molecular flexibility index (Phi) is 4.99. The van der Waals surface area contributed by atoms with Crippen LogP contribution in [-0.4, -0.2) is 5.11 Å². The second-order valence-electron chi connectivity index (χ2n) is 3.88. The van der Waals surface area contributed by atoms with Crippen molar-refractivity contribution in [2.24, 2.45) is 0 Å². The quantitative estimate of drug-likeness (QED) is 0.781. The van der Waals surface area contributed by atoms with E-state index in [-0.39, 0.29) is 0 Å². The first-order valence-corrected chi connectivity index (χ1v) is 5.83. The SMILES string of the molecule is CC=CNC(=S)Nc1ccc(C(C)C)cc1. The third kappa shape index (κ3) is 4.03. The van der Waals surface area contributed by atoms with Crippen LogP contribution in [0.25, 0.3) is 0 Å². The Balaban J connectivity index is 2.58. The Labute approximate surface area is 103 Å². The van der Waals surface area contributed by atoms with Gasteiger partial charge in [0, 0.05) is 5.69 Å². The zero-order valence-electron chi connectivity index (χ0n) is 9.95. The highest BCUT2D eigenvalue weighted by Crippen LogP contribution is 2.16. The summed E-state index contributed by atoms with van der Waals surface area (Å²) >= 11 is 5.11. The molecule has 0 saturated heterocycles. The van der Waals surface area contributed by atoms with Crippen LogP contribution < -0.4 is 10.6 Å². The zero-order valence-corrected chi connectivity index (χ0v) is 10.8. The Morgan fingerprint density at radius 3 is 2.38 bits per heavy atom. The van der Waals surface area contributed by atoms with E-state index in [4.69, 9.17) is 12.2 Å². The van der Waals surface area contributed by atoms with Gasteiger partial charge >= 0.3 is 0 Å². The van der Waals surface area contributed by atoms with E-state index in [0.29, 0.717) is 11.0 Å². The van der Waals surface area contributed by atoms with Crippen molar-refractivity contribution < 1.29 is 0 Å². The van der Waals surface area contributed by atoms with Crippen LogP contribution in [0.1, 0.15) is 32.3 Å². The maximum atomic E-state index is 5.11. The van der Waals surface area contributed by atoms with Gasteiger partial charge in [0.05, 0.1) is 0 Å². The Morgan fingerprint density at radius 1 is 1.25 bits per heavy atom. The normalized spacial score (nSPS) is 10.8. The predicted molar refractivity (Wildman–Crippen MR) is 74.7 cm³/mol. The van der Waals surface area contributed by atoms with Crippen molar-refractivity contribution in [3.8, 4) is 0 Å². The van der Waals surface area contributed by atoms with Gasteiger partial charge < -0.3 is 10.6 Å². The Hall–Kier alpha value is -1.35. The fourth-order valence-electron chi connectivity index (χ4n) is 1.28. The summed E-state index contributed by atoms with van der Waals surface area (Å²) in [6, 6.07) is 8.31. The molecule has 0 amide bonds. The van der Waals surface area contributed by atoms with Gasteiger partial charge in [-0.25, -0.2) is 0 Å². The van der Waals surface area contributed by atoms with Gasteiger partial charge in [-0.2, -0.15) is 0 Å². The van der Waals surface area contributed by atoms with Crippen LogP contribution in [0.5, 0.6) is 0 Å². The molecule has 0 unspecified atom stereocenters. The van der Waals surface area contributed by atoms with Gasteiger partial charge in [0.25, 0.3) is 0 Å². The lowest BCUT2D eigenvalue weighted by atomic mass is 10.0. The van der Waals surface area contributed by atoms with Crippen molar-refractivity contribution in [3.05, 3.63) is 42.1 Å². The molecule has 0 saturated carbocycles. The first-order valence-electron chi connectivity index (χ1n) is 5.42. The smallest absolute Gasteiger partial charge is 0.174 e. The summed E-state index contributed by atoms with van der Waals surface area (Å²) in [5.74, 6) is 0.558. The summed E-state index contributed by atoms with van der Waals surface area (Å²) in [4.78, 5) is 0. The summed E-state index contributed by atoms with van der Waals surface area (Å²) in [6.07, 6.45) is 3.70. The lowest BCUT2D eigenvalue weighted by Gasteiger charge is -2.09. The molecule has 0 fully saturated rings. The van der Waals surface area contributed by atoms with Crippen molar-refractivity contribution >= 4 is 23.0 Å². The molecule has 0 aromatic heterocycles. The van der Waals surface area contributed by atoms with Gasteiger partial charge in [-0.3, -0.25) is 0 Å². The molecule has 0 aliphatic rings. The van der Waals surface area contributed by atoms with Gasteiger partial charge in [0.2, 0.25) is 0 Å². The van der Waals surface area contributed by atoms with Crippen LogP contribution in [0.2, 0.25) is 0 Å². The zero-order chi connectivity index (χ0) is 12.0. The molecule has 3 heteroatoms. The lowest BCUT2D eigenvalue weighted by Crippen LogP contribution is -2.23. The molecule has 0 atom stereocenters. The van der Waals surface area contributed by atoms with Crippen LogP contribution in [0, 0.1) is 0 Å². The number of hydrogen-bond donors (Lipinski definition) is 2. The number of thiocarbonyl (C=S) groups is 1. The number of allylic oxidation sites excluding steroid dienone is 1. The summed E-state index contributed by atoms with van der Waals surface area (Å²) in [5, 5.41) is 6.68. The third-order valence-corrected chi connectivity index (χ3v) is 2.44. The average molecular weight is 234 g/mol. The van der Waals surface area contributed by atoms with E-state index in [1.807, 2.05) is 25.1 Å². The minimum Gasteiger partial charge on any atom is -0.339 e. The monoisotopic (exact) mass is 234 g/mol. The highest BCUT2D eigenvalue weighted by Gasteiger charge is 1.99. The molecule has 1 aromatic rings. The van der Waals surface area contributed by atoms with Crippen LogP contribution in [-0.2, 0) is 0 Å². The van der Waals surface area contributed by atoms with E-state index in [0.717, 1.165) is 5.69 Å². The first kappa shape index (κ1) is 12.7. The van der Waals surface area contributed by atoms with Gasteiger partial charge in [0.1, 0.15) is 0 Å². The molecule has 0 spiro atoms. The van der Waals surface area contributed by atoms with Gasteiger partial charge in [-0.15, -0.1) is 0 Å². The highest BCUT2D eigenvalue weighted by molar-refractivity contribution is 7.80. The van der Waals surface area contributed by atoms with E-state index in [1.165, 1.54) is 5.56 Å². The topological polar surface area (TPSA) is 24.1 Å². The van der Waals surface area contributed by atoms with Crippen LogP contribution in [0.4, 0.5) is 5.69 Å². The number of nitrogens with one attached hydrogen (secondary N) is 2. The van der Waals surface area contributed by atoms with E-state index in [2.05, 4.69) is 36.6 Å². The summed E-state index contributed by atoms with van der Waals surface area (Å²) in [6.45, 7) is 6.30. The summed E-state index contributed by atoms with van der Waals surface area (Å²) in [7, 11) is 0. The second-order valence-corrected chi connectivity index (χ2v) is 4.28. The van der Waals surface area contributed by atoms with Crippen molar-refractivity contribution in [2.75, 3.05) is 5.32 Å². The minimum absolute atomic E-state index is 0.558. The predicted octanol–water partition coefficient (Wildman–Crippen LogP) is 3.63. The summed E-state index contributed by atoms with van der Waals surface area (Å²) < 4.78 is 0. The molecule has 0 bridgehead atoms. The van der Waals surface area contributed by atoms with Crippen LogP contribution >= 0.6 is 12.2 Å². The van der Waals surface area contributed by atoms with E-state index in [9.17, 15) is 0 Å². The maximum absolute atomic E-state index is 5.11. The average Bonchev–Trinajstić information content (AvgIpc) is 2.27. The fraction of sp³-hybridized carbons (Fsp3) is 0.308. The van der Waals surface area contributed by atoms with Crippen molar-refractivity contribution in [2.45, 2.75) is 26.7 Å². The molecule has 0 heterocycles. The standard InChI is InChI=1S/C13H18N2S/c1-4-9-14-13(16)15-12-7-5-11(6-8-12)10(2)3/h4-10H,1-3H3,(H2,14,15,16). The van der Waals surface area contributed by atoms with Crippen molar-refractivity contribution in [1.29, 1.82) is 0 Å². The number of anilines is 1. The van der Waals surface area contributed by atoms with Crippen LogP contribution in [0.15, 0.2) is 36.5 Å². The molecular formula is C13H18N2S. The molecule has 86 valence electrons. The van der Waals surface area contributed by atoms with E-state index in [1.54, 1.807) is 6.20 Å². The van der Waals surface area contributed by atoms with Gasteiger partial charge in [-0.05, 0) is 49.0 Å². The number of hydrogen-bond acceptors (Lipinski definition) is 1. The molecule has 0 radical (unpaired) electrons. The summed E-state index contributed by atoms with van der Waals surface area (Å²) in [5.41, 5.74) is 2.34. The van der Waals surface area contributed by atoms with Crippen molar-refractivity contribution in [1.82, 2.24) is 5.32 Å². The molecular weight excluding hydrogens is 216 g/mol. The fourth-order valence-corrected chi connectivity index (χ4v) is 1.46. The lowest BCUT2D eigenvalue weighted by molar-refractivity contribution is 0.867. The number of benzene rings is 1.